The minimum Gasteiger partial charge on any atom is -0.326 e. The third-order valence-electron chi connectivity index (χ3n) is 2.18. The topological polar surface area (TPSA) is 89.3 Å². The number of benzene rings is 1. The van der Waals surface area contributed by atoms with Crippen molar-refractivity contribution in [3.8, 4) is 0 Å². The maximum atomic E-state index is 11.6. The van der Waals surface area contributed by atoms with Crippen molar-refractivity contribution in [3.05, 3.63) is 24.3 Å². The van der Waals surface area contributed by atoms with Crippen LogP contribution >= 0.6 is 0 Å². The van der Waals surface area contributed by atoms with E-state index in [1.54, 1.807) is 26.0 Å². The van der Waals surface area contributed by atoms with Crippen molar-refractivity contribution in [3.63, 3.8) is 0 Å². The molecule has 1 aromatic rings. The molecule has 0 fully saturated rings. The number of nitrogens with one attached hydrogen (secondary N) is 1. The molecule has 1 amide bonds. The van der Waals surface area contributed by atoms with E-state index in [0.717, 1.165) is 6.26 Å². The number of hydrogen-bond donors (Lipinski definition) is 2. The lowest BCUT2D eigenvalue weighted by atomic mass is 10.0. The van der Waals surface area contributed by atoms with Crippen molar-refractivity contribution in [2.75, 3.05) is 11.6 Å². The second-order valence-corrected chi connectivity index (χ2v) is 7.03. The molecule has 6 heteroatoms. The average molecular weight is 270 g/mol. The summed E-state index contributed by atoms with van der Waals surface area (Å²) in [5.74, 6) is -0.199. The first-order valence-corrected chi connectivity index (χ1v) is 7.36. The maximum Gasteiger partial charge on any atom is 0.226 e. The number of rotatable bonds is 4. The Labute approximate surface area is 107 Å². The Morgan fingerprint density at radius 3 is 2.17 bits per heavy atom. The lowest BCUT2D eigenvalue weighted by Crippen LogP contribution is -2.36. The molecule has 18 heavy (non-hydrogen) atoms. The third kappa shape index (κ3) is 4.85. The highest BCUT2D eigenvalue weighted by atomic mass is 32.2. The second-order valence-electron chi connectivity index (χ2n) is 5.01. The van der Waals surface area contributed by atoms with E-state index in [-0.39, 0.29) is 17.2 Å². The first kappa shape index (κ1) is 14.7. The van der Waals surface area contributed by atoms with Gasteiger partial charge in [0.05, 0.1) is 4.90 Å². The molecule has 0 heterocycles. The van der Waals surface area contributed by atoms with Crippen LogP contribution < -0.4 is 11.1 Å². The lowest BCUT2D eigenvalue weighted by molar-refractivity contribution is -0.117. The van der Waals surface area contributed by atoms with E-state index in [2.05, 4.69) is 5.32 Å². The van der Waals surface area contributed by atoms with Gasteiger partial charge in [-0.25, -0.2) is 8.42 Å². The summed E-state index contributed by atoms with van der Waals surface area (Å²) in [6.45, 7) is 3.53. The molecular weight excluding hydrogens is 252 g/mol. The molecule has 0 aliphatic heterocycles. The average Bonchev–Trinajstić information content (AvgIpc) is 2.13. The van der Waals surface area contributed by atoms with E-state index in [1.165, 1.54) is 12.1 Å². The molecule has 0 spiro atoms. The number of hydrogen-bond acceptors (Lipinski definition) is 4. The molecule has 1 aromatic carbocycles. The summed E-state index contributed by atoms with van der Waals surface area (Å²) in [5.41, 5.74) is 5.71. The van der Waals surface area contributed by atoms with Crippen LogP contribution in [0.5, 0.6) is 0 Å². The van der Waals surface area contributed by atoms with Crippen molar-refractivity contribution in [1.29, 1.82) is 0 Å². The van der Waals surface area contributed by atoms with E-state index in [0.29, 0.717) is 5.69 Å². The zero-order chi connectivity index (χ0) is 14.0. The van der Waals surface area contributed by atoms with Crippen molar-refractivity contribution < 1.29 is 13.2 Å². The highest BCUT2D eigenvalue weighted by Gasteiger charge is 2.16. The summed E-state index contributed by atoms with van der Waals surface area (Å²) in [7, 11) is -3.21. The number of amides is 1. The molecule has 1 rings (SSSR count). The van der Waals surface area contributed by atoms with Crippen molar-refractivity contribution >= 4 is 21.4 Å². The fourth-order valence-corrected chi connectivity index (χ4v) is 2.03. The third-order valence-corrected chi connectivity index (χ3v) is 3.31. The Morgan fingerprint density at radius 2 is 1.78 bits per heavy atom. The van der Waals surface area contributed by atoms with E-state index in [1.807, 2.05) is 0 Å². The van der Waals surface area contributed by atoms with Crippen LogP contribution in [-0.2, 0) is 14.6 Å². The Morgan fingerprint density at radius 1 is 1.28 bits per heavy atom. The van der Waals surface area contributed by atoms with Gasteiger partial charge in [0.25, 0.3) is 0 Å². The monoisotopic (exact) mass is 270 g/mol. The van der Waals surface area contributed by atoms with Crippen molar-refractivity contribution in [2.45, 2.75) is 30.7 Å². The van der Waals surface area contributed by atoms with Crippen LogP contribution in [-0.4, -0.2) is 26.1 Å². The summed E-state index contributed by atoms with van der Waals surface area (Å²) in [5, 5.41) is 2.66. The van der Waals surface area contributed by atoms with Gasteiger partial charge in [-0.1, -0.05) is 0 Å². The molecule has 0 saturated carbocycles. The Bertz CT molecular complexity index is 527. The normalized spacial score (nSPS) is 12.2. The van der Waals surface area contributed by atoms with Gasteiger partial charge in [-0.05, 0) is 38.1 Å². The molecule has 0 aliphatic rings. The van der Waals surface area contributed by atoms with Gasteiger partial charge in [0.2, 0.25) is 5.91 Å². The molecule has 0 unspecified atom stereocenters. The Balaban J connectivity index is 2.73. The van der Waals surface area contributed by atoms with Crippen LogP contribution in [0.15, 0.2) is 29.2 Å². The van der Waals surface area contributed by atoms with Crippen LogP contribution in [0.1, 0.15) is 20.3 Å². The van der Waals surface area contributed by atoms with Gasteiger partial charge < -0.3 is 11.1 Å². The first-order chi connectivity index (χ1) is 8.08. The SMILES string of the molecule is CC(C)(N)CC(=O)Nc1ccc(S(C)(=O)=O)cc1. The number of carbonyl (C=O) groups is 1. The zero-order valence-corrected chi connectivity index (χ0v) is 11.5. The Hall–Kier alpha value is -1.40. The van der Waals surface area contributed by atoms with Gasteiger partial charge >= 0.3 is 0 Å². The second kappa shape index (κ2) is 5.07. The van der Waals surface area contributed by atoms with Crippen LogP contribution in [0.3, 0.4) is 0 Å². The van der Waals surface area contributed by atoms with Gasteiger partial charge in [0.15, 0.2) is 9.84 Å². The quantitative estimate of drug-likeness (QED) is 0.859. The van der Waals surface area contributed by atoms with E-state index < -0.39 is 15.4 Å². The minimum atomic E-state index is -3.21. The zero-order valence-electron chi connectivity index (χ0n) is 10.7. The largest absolute Gasteiger partial charge is 0.326 e. The van der Waals surface area contributed by atoms with E-state index >= 15 is 0 Å². The van der Waals surface area contributed by atoms with Crippen LogP contribution in [0, 0.1) is 0 Å². The summed E-state index contributed by atoms with van der Waals surface area (Å²) in [6, 6.07) is 6.02. The molecule has 0 aromatic heterocycles. The van der Waals surface area contributed by atoms with E-state index in [9.17, 15) is 13.2 Å². The highest BCUT2D eigenvalue weighted by molar-refractivity contribution is 7.90. The lowest BCUT2D eigenvalue weighted by Gasteiger charge is -2.17. The number of carbonyl (C=O) groups excluding carboxylic acids is 1. The van der Waals surface area contributed by atoms with Gasteiger partial charge in [-0.3, -0.25) is 4.79 Å². The van der Waals surface area contributed by atoms with Gasteiger partial charge in [-0.15, -0.1) is 0 Å². The summed E-state index contributed by atoms with van der Waals surface area (Å²) < 4.78 is 22.5. The van der Waals surface area contributed by atoms with Crippen molar-refractivity contribution in [2.24, 2.45) is 5.73 Å². The van der Waals surface area contributed by atoms with E-state index in [4.69, 9.17) is 5.73 Å². The maximum absolute atomic E-state index is 11.6. The highest BCUT2D eigenvalue weighted by Crippen LogP contribution is 2.15. The first-order valence-electron chi connectivity index (χ1n) is 5.47. The fourth-order valence-electron chi connectivity index (χ4n) is 1.40. The fraction of sp³-hybridized carbons (Fsp3) is 0.417. The number of anilines is 1. The predicted molar refractivity (Wildman–Crippen MR) is 71.1 cm³/mol. The molecule has 100 valence electrons. The smallest absolute Gasteiger partial charge is 0.226 e. The minimum absolute atomic E-state index is 0.195. The molecule has 0 saturated heterocycles. The summed E-state index contributed by atoms with van der Waals surface area (Å²) in [4.78, 5) is 11.8. The molecule has 0 bridgehead atoms. The van der Waals surface area contributed by atoms with Gasteiger partial charge in [0, 0.05) is 23.9 Å². The van der Waals surface area contributed by atoms with Crippen LogP contribution in [0.2, 0.25) is 0 Å². The summed E-state index contributed by atoms with van der Waals surface area (Å²) >= 11 is 0. The predicted octanol–water partition coefficient (Wildman–Crippen LogP) is 1.16. The Kier molecular flexibility index (Phi) is 4.13. The molecule has 0 aliphatic carbocycles. The van der Waals surface area contributed by atoms with Crippen LogP contribution in [0.25, 0.3) is 0 Å². The van der Waals surface area contributed by atoms with Gasteiger partial charge in [0.1, 0.15) is 0 Å². The number of sulfone groups is 1. The molecular formula is C12H18N2O3S. The molecule has 5 nitrogen and oxygen atoms in total. The standard InChI is InChI=1S/C12H18N2O3S/c1-12(2,13)8-11(15)14-9-4-6-10(7-5-9)18(3,16)17/h4-7H,8,13H2,1-3H3,(H,14,15). The number of nitrogens with two attached hydrogens (primary N) is 1. The summed E-state index contributed by atoms with van der Waals surface area (Å²) in [6.07, 6.45) is 1.33. The van der Waals surface area contributed by atoms with Crippen LogP contribution in [0.4, 0.5) is 5.69 Å². The van der Waals surface area contributed by atoms with Gasteiger partial charge in [-0.2, -0.15) is 0 Å². The van der Waals surface area contributed by atoms with Crippen molar-refractivity contribution in [1.82, 2.24) is 0 Å². The molecule has 0 atom stereocenters. The molecule has 3 N–H and O–H groups in total. The molecule has 0 radical (unpaired) electrons.